The van der Waals surface area contributed by atoms with E-state index in [-0.39, 0.29) is 5.56 Å². The zero-order chi connectivity index (χ0) is 18.9. The molecule has 138 valence electrons. The lowest BCUT2D eigenvalue weighted by molar-refractivity contribution is 0.427. The average molecular weight is 407 g/mol. The summed E-state index contributed by atoms with van der Waals surface area (Å²) in [6.45, 7) is 0. The van der Waals surface area contributed by atoms with Crippen LogP contribution in [0.25, 0.3) is 27.4 Å². The molecule has 0 unspecified atom stereocenters. The normalized spacial score (nSPS) is 11.3. The van der Waals surface area contributed by atoms with Crippen LogP contribution in [-0.2, 0) is 5.75 Å². The molecule has 0 spiro atoms. The van der Waals surface area contributed by atoms with Crippen molar-refractivity contribution in [1.29, 1.82) is 0 Å². The van der Waals surface area contributed by atoms with Crippen LogP contribution in [0.1, 0.15) is 5.69 Å². The van der Waals surface area contributed by atoms with Gasteiger partial charge in [-0.05, 0) is 23.6 Å². The van der Waals surface area contributed by atoms with E-state index < -0.39 is 0 Å². The number of aromatic nitrogens is 5. The second kappa shape index (κ2) is 7.10. The van der Waals surface area contributed by atoms with Crippen molar-refractivity contribution in [3.8, 4) is 16.3 Å². The molecule has 0 saturated carbocycles. The van der Waals surface area contributed by atoms with Crippen molar-refractivity contribution in [2.45, 2.75) is 10.9 Å². The van der Waals surface area contributed by atoms with Crippen molar-refractivity contribution >= 4 is 34.1 Å². The second-order valence-corrected chi connectivity index (χ2v) is 7.86. The molecule has 9 heteroatoms. The summed E-state index contributed by atoms with van der Waals surface area (Å²) in [6, 6.07) is 15.5. The number of aromatic amines is 1. The molecular weight excluding hydrogens is 394 g/mol. The SMILES string of the molecule is O=c1[nH]c(SCc2cc(-c3cccs3)on2)nc2c1cnn2-c1ccccc1. The summed E-state index contributed by atoms with van der Waals surface area (Å²) in [5.41, 5.74) is 1.95. The molecular formula is C19H13N5O2S2. The molecule has 0 fully saturated rings. The van der Waals surface area contributed by atoms with Crippen LogP contribution in [0.15, 0.2) is 74.6 Å². The van der Waals surface area contributed by atoms with Crippen molar-refractivity contribution in [3.05, 3.63) is 76.2 Å². The number of hydrogen-bond donors (Lipinski definition) is 1. The number of benzene rings is 1. The van der Waals surface area contributed by atoms with Crippen LogP contribution in [-0.4, -0.2) is 24.9 Å². The number of fused-ring (bicyclic) bond motifs is 1. The van der Waals surface area contributed by atoms with Crippen molar-refractivity contribution in [1.82, 2.24) is 24.9 Å². The summed E-state index contributed by atoms with van der Waals surface area (Å²) in [4.78, 5) is 20.9. The second-order valence-electron chi connectivity index (χ2n) is 5.95. The maximum atomic E-state index is 12.4. The van der Waals surface area contributed by atoms with Gasteiger partial charge in [0.1, 0.15) is 5.39 Å². The van der Waals surface area contributed by atoms with Crippen LogP contribution < -0.4 is 5.56 Å². The molecule has 0 saturated heterocycles. The zero-order valence-electron chi connectivity index (χ0n) is 14.4. The maximum Gasteiger partial charge on any atom is 0.262 e. The molecule has 0 aliphatic rings. The number of hydrogen-bond acceptors (Lipinski definition) is 7. The van der Waals surface area contributed by atoms with Crippen LogP contribution in [0, 0.1) is 0 Å². The molecule has 0 aliphatic heterocycles. The molecule has 0 bridgehead atoms. The molecule has 7 nitrogen and oxygen atoms in total. The number of nitrogens with zero attached hydrogens (tertiary/aromatic N) is 4. The van der Waals surface area contributed by atoms with Crippen molar-refractivity contribution in [2.75, 3.05) is 0 Å². The smallest absolute Gasteiger partial charge is 0.262 e. The summed E-state index contributed by atoms with van der Waals surface area (Å²) in [5.74, 6) is 1.27. The number of nitrogens with one attached hydrogen (secondary N) is 1. The zero-order valence-corrected chi connectivity index (χ0v) is 16.0. The molecule has 4 heterocycles. The Morgan fingerprint density at radius 3 is 2.89 bits per heavy atom. The van der Waals surface area contributed by atoms with E-state index in [2.05, 4.69) is 20.2 Å². The van der Waals surface area contributed by atoms with Gasteiger partial charge in [-0.1, -0.05) is 41.2 Å². The van der Waals surface area contributed by atoms with E-state index in [0.717, 1.165) is 22.0 Å². The first-order valence-corrected chi connectivity index (χ1v) is 10.3. The van der Waals surface area contributed by atoms with Crippen LogP contribution in [0.5, 0.6) is 0 Å². The Morgan fingerprint density at radius 2 is 2.07 bits per heavy atom. The lowest BCUT2D eigenvalue weighted by atomic mass is 10.3. The summed E-state index contributed by atoms with van der Waals surface area (Å²) in [5, 5.41) is 11.4. The van der Waals surface area contributed by atoms with Gasteiger partial charge in [0.25, 0.3) is 5.56 Å². The third-order valence-corrected chi connectivity index (χ3v) is 5.89. The first-order valence-electron chi connectivity index (χ1n) is 8.44. The quantitative estimate of drug-likeness (QED) is 0.348. The highest BCUT2D eigenvalue weighted by atomic mass is 32.2. The van der Waals surface area contributed by atoms with Crippen LogP contribution in [0.2, 0.25) is 0 Å². The minimum absolute atomic E-state index is 0.214. The Balaban J connectivity index is 1.43. The number of para-hydroxylation sites is 1. The van der Waals surface area contributed by atoms with Gasteiger partial charge in [0.05, 0.1) is 22.5 Å². The largest absolute Gasteiger partial charge is 0.355 e. The molecule has 0 aliphatic carbocycles. The van der Waals surface area contributed by atoms with Crippen LogP contribution in [0.3, 0.4) is 0 Å². The van der Waals surface area contributed by atoms with Gasteiger partial charge >= 0.3 is 0 Å². The van der Waals surface area contributed by atoms with Gasteiger partial charge in [0.15, 0.2) is 16.6 Å². The van der Waals surface area contributed by atoms with Crippen molar-refractivity contribution in [3.63, 3.8) is 0 Å². The summed E-state index contributed by atoms with van der Waals surface area (Å²) >= 11 is 2.99. The Labute approximate surface area is 167 Å². The summed E-state index contributed by atoms with van der Waals surface area (Å²) in [7, 11) is 0. The molecule has 0 amide bonds. The molecule has 5 aromatic rings. The van der Waals surface area contributed by atoms with Gasteiger partial charge in [-0.15, -0.1) is 11.3 Å². The van der Waals surface area contributed by atoms with Gasteiger partial charge in [0, 0.05) is 11.8 Å². The molecule has 1 N–H and O–H groups in total. The first kappa shape index (κ1) is 17.0. The van der Waals surface area contributed by atoms with E-state index in [4.69, 9.17) is 4.52 Å². The Morgan fingerprint density at radius 1 is 1.18 bits per heavy atom. The third kappa shape index (κ3) is 3.14. The molecule has 4 aromatic heterocycles. The van der Waals surface area contributed by atoms with Crippen LogP contribution in [0.4, 0.5) is 0 Å². The minimum atomic E-state index is -0.214. The van der Waals surface area contributed by atoms with E-state index >= 15 is 0 Å². The third-order valence-electron chi connectivity index (χ3n) is 4.10. The Kier molecular flexibility index (Phi) is 4.30. The predicted molar refractivity (Wildman–Crippen MR) is 109 cm³/mol. The molecule has 5 rings (SSSR count). The molecule has 0 atom stereocenters. The molecule has 0 radical (unpaired) electrons. The molecule has 1 aromatic carbocycles. The van der Waals surface area contributed by atoms with Gasteiger partial charge in [0.2, 0.25) is 0 Å². The average Bonchev–Trinajstić information content (AvgIpc) is 3.46. The minimum Gasteiger partial charge on any atom is -0.355 e. The number of H-pyrrole nitrogens is 1. The monoisotopic (exact) mass is 407 g/mol. The fourth-order valence-corrected chi connectivity index (χ4v) is 4.19. The van der Waals surface area contributed by atoms with Gasteiger partial charge in [-0.3, -0.25) is 4.79 Å². The van der Waals surface area contributed by atoms with Gasteiger partial charge in [-0.25, -0.2) is 9.67 Å². The maximum absolute atomic E-state index is 12.4. The van der Waals surface area contributed by atoms with Gasteiger partial charge in [-0.2, -0.15) is 5.10 Å². The Bertz CT molecular complexity index is 1290. The number of thioether (sulfide) groups is 1. The van der Waals surface area contributed by atoms with E-state index in [1.165, 1.54) is 18.0 Å². The van der Waals surface area contributed by atoms with Crippen molar-refractivity contribution in [2.24, 2.45) is 0 Å². The topological polar surface area (TPSA) is 89.6 Å². The van der Waals surface area contributed by atoms with Gasteiger partial charge < -0.3 is 9.51 Å². The summed E-state index contributed by atoms with van der Waals surface area (Å²) in [6.07, 6.45) is 1.54. The fourth-order valence-electron chi connectivity index (χ4n) is 2.78. The number of rotatable bonds is 5. The lowest BCUT2D eigenvalue weighted by Gasteiger charge is -2.03. The van der Waals surface area contributed by atoms with E-state index in [0.29, 0.717) is 21.9 Å². The van der Waals surface area contributed by atoms with Crippen LogP contribution >= 0.6 is 23.1 Å². The fraction of sp³-hybridized carbons (Fsp3) is 0.0526. The first-order chi connectivity index (χ1) is 13.8. The number of thiophene rings is 1. The standard InChI is InChI=1S/C19H13N5O2S2/c25-18-14-10-20-24(13-5-2-1-3-6-13)17(14)21-19(22-18)28-11-12-9-15(26-23-12)16-7-4-8-27-16/h1-10H,11H2,(H,21,22,25). The lowest BCUT2D eigenvalue weighted by Crippen LogP contribution is -2.09. The molecule has 28 heavy (non-hydrogen) atoms. The Hall–Kier alpha value is -3.17. The highest BCUT2D eigenvalue weighted by Gasteiger charge is 2.13. The van der Waals surface area contributed by atoms with E-state index in [1.807, 2.05) is 53.9 Å². The van der Waals surface area contributed by atoms with E-state index in [1.54, 1.807) is 16.0 Å². The van der Waals surface area contributed by atoms with E-state index in [9.17, 15) is 4.79 Å². The van der Waals surface area contributed by atoms with Crippen molar-refractivity contribution < 1.29 is 4.52 Å². The highest BCUT2D eigenvalue weighted by molar-refractivity contribution is 7.98. The highest BCUT2D eigenvalue weighted by Crippen LogP contribution is 2.27. The predicted octanol–water partition coefficient (Wildman–Crippen LogP) is 4.12. The summed E-state index contributed by atoms with van der Waals surface area (Å²) < 4.78 is 7.06.